The first-order valence-corrected chi connectivity index (χ1v) is 6.83. The fraction of sp³-hybridized carbons (Fsp3) is 0.533. The number of carbonyl (C=O) groups excluding carboxylic acids is 1. The summed E-state index contributed by atoms with van der Waals surface area (Å²) in [5, 5.41) is 6.28. The van der Waals surface area contributed by atoms with Gasteiger partial charge in [-0.05, 0) is 42.1 Å². The van der Waals surface area contributed by atoms with Crippen LogP contribution in [0.1, 0.15) is 31.4 Å². The van der Waals surface area contributed by atoms with Crippen LogP contribution in [0, 0.1) is 5.41 Å². The van der Waals surface area contributed by atoms with Gasteiger partial charge in [0, 0.05) is 12.2 Å². The van der Waals surface area contributed by atoms with Crippen LogP contribution in [0.5, 0.6) is 0 Å². The lowest BCUT2D eigenvalue weighted by molar-refractivity contribution is -0.115. The van der Waals surface area contributed by atoms with Gasteiger partial charge >= 0.3 is 0 Å². The van der Waals surface area contributed by atoms with Crippen molar-refractivity contribution in [1.82, 2.24) is 5.32 Å². The Hall–Kier alpha value is -1.39. The van der Waals surface area contributed by atoms with Gasteiger partial charge in [-0.1, -0.05) is 26.0 Å². The molecule has 4 heteroatoms. The third-order valence-electron chi connectivity index (χ3n) is 3.66. The van der Waals surface area contributed by atoms with Crippen molar-refractivity contribution in [2.45, 2.75) is 33.2 Å². The summed E-state index contributed by atoms with van der Waals surface area (Å²) in [5.41, 5.74) is 9.19. The molecule has 0 bridgehead atoms. The Kier molecular flexibility index (Phi) is 4.22. The third-order valence-corrected chi connectivity index (χ3v) is 3.66. The van der Waals surface area contributed by atoms with Gasteiger partial charge in [-0.2, -0.15) is 0 Å². The Morgan fingerprint density at radius 1 is 1.42 bits per heavy atom. The average Bonchev–Trinajstić information content (AvgIpc) is 2.74. The van der Waals surface area contributed by atoms with Crippen molar-refractivity contribution in [2.24, 2.45) is 11.1 Å². The van der Waals surface area contributed by atoms with E-state index in [9.17, 15) is 4.79 Å². The Bertz CT molecular complexity index is 468. The Morgan fingerprint density at radius 3 is 2.95 bits per heavy atom. The molecule has 0 saturated heterocycles. The van der Waals surface area contributed by atoms with Crippen LogP contribution in [0.15, 0.2) is 18.2 Å². The van der Waals surface area contributed by atoms with E-state index in [0.29, 0.717) is 13.0 Å². The zero-order valence-corrected chi connectivity index (χ0v) is 11.8. The summed E-state index contributed by atoms with van der Waals surface area (Å²) in [6.07, 6.45) is 1.57. The number of anilines is 1. The molecule has 0 fully saturated rings. The lowest BCUT2D eigenvalue weighted by atomic mass is 9.90. The molecule has 0 aromatic heterocycles. The van der Waals surface area contributed by atoms with E-state index >= 15 is 0 Å². The fourth-order valence-corrected chi connectivity index (χ4v) is 2.15. The number of hydrogen-bond acceptors (Lipinski definition) is 3. The number of benzene rings is 1. The summed E-state index contributed by atoms with van der Waals surface area (Å²) in [6, 6.07) is 6.15. The number of rotatable bonds is 6. The molecule has 0 aliphatic carbocycles. The van der Waals surface area contributed by atoms with Gasteiger partial charge in [0.1, 0.15) is 0 Å². The molecule has 1 aromatic rings. The van der Waals surface area contributed by atoms with E-state index in [4.69, 9.17) is 5.73 Å². The van der Waals surface area contributed by atoms with E-state index in [2.05, 4.69) is 36.6 Å². The van der Waals surface area contributed by atoms with Gasteiger partial charge in [0.05, 0.1) is 6.42 Å². The predicted molar refractivity (Wildman–Crippen MR) is 77.9 cm³/mol. The highest BCUT2D eigenvalue weighted by atomic mass is 16.1. The second-order valence-corrected chi connectivity index (χ2v) is 6.01. The molecule has 0 spiro atoms. The van der Waals surface area contributed by atoms with Crippen LogP contribution in [0.4, 0.5) is 5.69 Å². The molecular weight excluding hydrogens is 238 g/mol. The summed E-state index contributed by atoms with van der Waals surface area (Å²) >= 11 is 0. The first-order valence-electron chi connectivity index (χ1n) is 6.83. The molecule has 0 radical (unpaired) electrons. The first kappa shape index (κ1) is 14.0. The zero-order chi connectivity index (χ0) is 13.9. The van der Waals surface area contributed by atoms with E-state index in [0.717, 1.165) is 30.8 Å². The van der Waals surface area contributed by atoms with Crippen LogP contribution < -0.4 is 16.4 Å². The van der Waals surface area contributed by atoms with Gasteiger partial charge in [0.15, 0.2) is 0 Å². The number of hydrogen-bond donors (Lipinski definition) is 3. The number of amides is 1. The minimum absolute atomic E-state index is 0.0878. The fourth-order valence-electron chi connectivity index (χ4n) is 2.15. The number of nitrogens with two attached hydrogens (primary N) is 1. The van der Waals surface area contributed by atoms with Crippen molar-refractivity contribution < 1.29 is 4.79 Å². The summed E-state index contributed by atoms with van der Waals surface area (Å²) < 4.78 is 0. The maximum atomic E-state index is 11.3. The third kappa shape index (κ3) is 3.78. The monoisotopic (exact) mass is 261 g/mol. The van der Waals surface area contributed by atoms with Crippen molar-refractivity contribution in [3.63, 3.8) is 0 Å². The minimum Gasteiger partial charge on any atom is -0.330 e. The summed E-state index contributed by atoms with van der Waals surface area (Å²) in [6.45, 7) is 6.87. The molecular formula is C15H23N3O. The molecule has 0 atom stereocenters. The summed E-state index contributed by atoms with van der Waals surface area (Å²) in [5.74, 6) is 0.0878. The van der Waals surface area contributed by atoms with Crippen LogP contribution in [0.2, 0.25) is 0 Å². The molecule has 0 saturated carbocycles. The average molecular weight is 261 g/mol. The largest absolute Gasteiger partial charge is 0.330 e. The van der Waals surface area contributed by atoms with E-state index in [1.54, 1.807) is 0 Å². The van der Waals surface area contributed by atoms with Crippen LogP contribution in [-0.4, -0.2) is 19.0 Å². The Morgan fingerprint density at radius 2 is 2.21 bits per heavy atom. The smallest absolute Gasteiger partial charge is 0.228 e. The van der Waals surface area contributed by atoms with Crippen molar-refractivity contribution in [3.8, 4) is 0 Å². The SMILES string of the molecule is CC(C)(CN)CCNCc1ccc2c(c1)CC(=O)N2. The van der Waals surface area contributed by atoms with Crippen LogP contribution in [0.3, 0.4) is 0 Å². The molecule has 1 heterocycles. The predicted octanol–water partition coefficient (Wildman–Crippen LogP) is 1.65. The Labute approximate surface area is 114 Å². The molecule has 1 aliphatic rings. The topological polar surface area (TPSA) is 67.1 Å². The molecule has 1 aromatic carbocycles. The number of carbonyl (C=O) groups is 1. The van der Waals surface area contributed by atoms with E-state index in [-0.39, 0.29) is 11.3 Å². The van der Waals surface area contributed by atoms with Crippen molar-refractivity contribution in [2.75, 3.05) is 18.4 Å². The van der Waals surface area contributed by atoms with Gasteiger partial charge < -0.3 is 16.4 Å². The highest BCUT2D eigenvalue weighted by molar-refractivity contribution is 5.99. The van der Waals surface area contributed by atoms with Crippen LogP contribution in [0.25, 0.3) is 0 Å². The molecule has 2 rings (SSSR count). The number of nitrogens with one attached hydrogen (secondary N) is 2. The molecule has 1 aliphatic heterocycles. The molecule has 0 unspecified atom stereocenters. The quantitative estimate of drug-likeness (QED) is 0.682. The van der Waals surface area contributed by atoms with Crippen molar-refractivity contribution >= 4 is 11.6 Å². The summed E-state index contributed by atoms with van der Waals surface area (Å²) in [4.78, 5) is 11.3. The molecule has 4 N–H and O–H groups in total. The highest BCUT2D eigenvalue weighted by Gasteiger charge is 2.17. The maximum Gasteiger partial charge on any atom is 0.228 e. The van der Waals surface area contributed by atoms with E-state index < -0.39 is 0 Å². The lowest BCUT2D eigenvalue weighted by Crippen LogP contribution is -2.28. The second-order valence-electron chi connectivity index (χ2n) is 6.01. The molecule has 1 amide bonds. The highest BCUT2D eigenvalue weighted by Crippen LogP contribution is 2.23. The number of fused-ring (bicyclic) bond motifs is 1. The zero-order valence-electron chi connectivity index (χ0n) is 11.8. The minimum atomic E-state index is 0.0878. The van der Waals surface area contributed by atoms with E-state index in [1.807, 2.05) is 6.07 Å². The van der Waals surface area contributed by atoms with Crippen LogP contribution in [-0.2, 0) is 17.8 Å². The van der Waals surface area contributed by atoms with Gasteiger partial charge in [0.2, 0.25) is 5.91 Å². The van der Waals surface area contributed by atoms with Crippen molar-refractivity contribution in [1.29, 1.82) is 0 Å². The van der Waals surface area contributed by atoms with E-state index in [1.165, 1.54) is 5.56 Å². The standard InChI is InChI=1S/C15H23N3O/c1-15(2,10-16)5-6-17-9-11-3-4-13-12(7-11)8-14(19)18-13/h3-4,7,17H,5-6,8-10,16H2,1-2H3,(H,18,19). The Balaban J connectivity index is 1.81. The maximum absolute atomic E-state index is 11.3. The van der Waals surface area contributed by atoms with Gasteiger partial charge in [-0.15, -0.1) is 0 Å². The second kappa shape index (κ2) is 5.72. The van der Waals surface area contributed by atoms with Crippen molar-refractivity contribution in [3.05, 3.63) is 29.3 Å². The van der Waals surface area contributed by atoms with Gasteiger partial charge in [0.25, 0.3) is 0 Å². The molecule has 4 nitrogen and oxygen atoms in total. The summed E-state index contributed by atoms with van der Waals surface area (Å²) in [7, 11) is 0. The molecule has 19 heavy (non-hydrogen) atoms. The molecule has 104 valence electrons. The first-order chi connectivity index (χ1) is 9.00. The van der Waals surface area contributed by atoms with Crippen LogP contribution >= 0.6 is 0 Å². The lowest BCUT2D eigenvalue weighted by Gasteiger charge is -2.22. The normalized spacial score (nSPS) is 14.4. The van der Waals surface area contributed by atoms with Gasteiger partial charge in [-0.25, -0.2) is 0 Å². The van der Waals surface area contributed by atoms with Gasteiger partial charge in [-0.3, -0.25) is 4.79 Å².